The van der Waals surface area contributed by atoms with Crippen molar-refractivity contribution in [3.8, 4) is 0 Å². The van der Waals surface area contributed by atoms with Gasteiger partial charge in [-0.1, -0.05) is 54.6 Å². The van der Waals surface area contributed by atoms with E-state index in [0.29, 0.717) is 13.0 Å². The van der Waals surface area contributed by atoms with Crippen molar-refractivity contribution in [1.82, 2.24) is 10.0 Å². The summed E-state index contributed by atoms with van der Waals surface area (Å²) in [5.41, 5.74) is 4.72. The predicted molar refractivity (Wildman–Crippen MR) is 143 cm³/mol. The van der Waals surface area contributed by atoms with Gasteiger partial charge in [0, 0.05) is 19.2 Å². The zero-order valence-corrected chi connectivity index (χ0v) is 21.6. The largest absolute Gasteiger partial charge is 0.348 e. The lowest BCUT2D eigenvalue weighted by molar-refractivity contribution is -0.123. The summed E-state index contributed by atoms with van der Waals surface area (Å²) in [5.74, 6) is -0.422. The first-order valence-corrected chi connectivity index (χ1v) is 14.2. The highest BCUT2D eigenvalue weighted by molar-refractivity contribution is 7.89. The van der Waals surface area contributed by atoms with E-state index in [-0.39, 0.29) is 29.2 Å². The Bertz CT molecular complexity index is 1420. The molecule has 1 aliphatic carbocycles. The Morgan fingerprint density at radius 1 is 0.973 bits per heavy atom. The average Bonchev–Trinajstić information content (AvgIpc) is 3.33. The fourth-order valence-corrected chi connectivity index (χ4v) is 6.59. The van der Waals surface area contributed by atoms with Gasteiger partial charge in [-0.15, -0.1) is 0 Å². The molecular weight excluding hydrogens is 486 g/mol. The van der Waals surface area contributed by atoms with E-state index in [0.717, 1.165) is 41.6 Å². The van der Waals surface area contributed by atoms with Gasteiger partial charge in [0.05, 0.1) is 10.9 Å². The van der Waals surface area contributed by atoms with Gasteiger partial charge in [0.25, 0.3) is 0 Å². The summed E-state index contributed by atoms with van der Waals surface area (Å²) in [7, 11) is -4.00. The van der Waals surface area contributed by atoms with Crippen LogP contribution in [-0.4, -0.2) is 32.8 Å². The van der Waals surface area contributed by atoms with Crippen molar-refractivity contribution >= 4 is 27.5 Å². The van der Waals surface area contributed by atoms with E-state index in [9.17, 15) is 18.0 Å². The first kappa shape index (κ1) is 25.2. The third-order valence-electron chi connectivity index (χ3n) is 7.22. The van der Waals surface area contributed by atoms with Crippen molar-refractivity contribution in [3.05, 3.63) is 95.1 Å². The number of nitrogens with one attached hydrogen (secondary N) is 2. The van der Waals surface area contributed by atoms with E-state index < -0.39 is 16.1 Å². The Balaban J connectivity index is 1.40. The number of benzene rings is 3. The molecule has 192 valence electrons. The normalized spacial score (nSPS) is 17.5. The van der Waals surface area contributed by atoms with Gasteiger partial charge in [-0.3, -0.25) is 9.59 Å². The molecule has 5 rings (SSSR count). The number of amides is 2. The zero-order valence-electron chi connectivity index (χ0n) is 20.8. The van der Waals surface area contributed by atoms with E-state index in [4.69, 9.17) is 0 Å². The minimum absolute atomic E-state index is 0.0728. The van der Waals surface area contributed by atoms with Crippen molar-refractivity contribution < 1.29 is 18.0 Å². The molecule has 2 N–H and O–H groups in total. The molecule has 3 aromatic rings. The maximum Gasteiger partial charge on any atom is 0.241 e. The molecule has 2 amide bonds. The van der Waals surface area contributed by atoms with Crippen molar-refractivity contribution in [3.63, 3.8) is 0 Å². The second-order valence-corrected chi connectivity index (χ2v) is 11.4. The van der Waals surface area contributed by atoms with Gasteiger partial charge in [-0.05, 0) is 72.6 Å². The molecule has 2 aliphatic rings. The number of sulfonamides is 1. The highest BCUT2D eigenvalue weighted by Crippen LogP contribution is 2.31. The summed E-state index contributed by atoms with van der Waals surface area (Å²) in [6.07, 6.45) is 3.56. The average molecular weight is 518 g/mol. The number of nitrogens with zero attached hydrogens (tertiary/aromatic N) is 1. The smallest absolute Gasteiger partial charge is 0.241 e. The van der Waals surface area contributed by atoms with Gasteiger partial charge < -0.3 is 10.2 Å². The molecule has 0 radical (unpaired) electrons. The minimum atomic E-state index is -4.00. The quantitative estimate of drug-likeness (QED) is 0.500. The molecule has 7 nitrogen and oxygen atoms in total. The van der Waals surface area contributed by atoms with Crippen LogP contribution in [0.1, 0.15) is 48.1 Å². The van der Waals surface area contributed by atoms with Gasteiger partial charge in [0.1, 0.15) is 6.04 Å². The second kappa shape index (κ2) is 10.5. The van der Waals surface area contributed by atoms with Crippen LogP contribution in [0.5, 0.6) is 0 Å². The summed E-state index contributed by atoms with van der Waals surface area (Å²) in [4.78, 5) is 27.2. The van der Waals surface area contributed by atoms with Crippen LogP contribution in [0.25, 0.3) is 0 Å². The SMILES string of the molecule is CC(=O)N1CCc2cc(S(=O)(=O)N[C@H](Cc3ccccc3)C(=O)N[C@@H]3CCCc4ccccc43)ccc21. The molecule has 3 aromatic carbocycles. The van der Waals surface area contributed by atoms with Crippen LogP contribution in [0.2, 0.25) is 0 Å². The predicted octanol–water partition coefficient (Wildman–Crippen LogP) is 3.68. The topological polar surface area (TPSA) is 95.6 Å². The third kappa shape index (κ3) is 5.45. The number of fused-ring (bicyclic) bond motifs is 2. The molecule has 1 heterocycles. The molecule has 37 heavy (non-hydrogen) atoms. The Kier molecular flexibility index (Phi) is 7.13. The van der Waals surface area contributed by atoms with Crippen LogP contribution < -0.4 is 14.9 Å². The zero-order chi connectivity index (χ0) is 26.0. The third-order valence-corrected chi connectivity index (χ3v) is 8.69. The highest BCUT2D eigenvalue weighted by Gasteiger charge is 2.31. The highest BCUT2D eigenvalue weighted by atomic mass is 32.2. The molecule has 1 aliphatic heterocycles. The van der Waals surface area contributed by atoms with E-state index in [1.54, 1.807) is 17.0 Å². The van der Waals surface area contributed by atoms with Gasteiger partial charge in [-0.25, -0.2) is 8.42 Å². The lowest BCUT2D eigenvalue weighted by atomic mass is 9.87. The van der Waals surface area contributed by atoms with Crippen LogP contribution in [0.4, 0.5) is 5.69 Å². The molecule has 0 saturated heterocycles. The van der Waals surface area contributed by atoms with Crippen LogP contribution in [0.15, 0.2) is 77.7 Å². The molecule has 0 aromatic heterocycles. The fourth-order valence-electron chi connectivity index (χ4n) is 5.34. The minimum Gasteiger partial charge on any atom is -0.348 e. The van der Waals surface area contributed by atoms with E-state index >= 15 is 0 Å². The maximum atomic E-state index is 13.6. The summed E-state index contributed by atoms with van der Waals surface area (Å²) in [6.45, 7) is 2.03. The summed E-state index contributed by atoms with van der Waals surface area (Å²) in [5, 5.41) is 3.12. The van der Waals surface area contributed by atoms with Crippen LogP contribution in [0, 0.1) is 0 Å². The Morgan fingerprint density at radius 2 is 1.73 bits per heavy atom. The Morgan fingerprint density at radius 3 is 2.51 bits per heavy atom. The van der Waals surface area contributed by atoms with E-state index in [1.165, 1.54) is 18.6 Å². The first-order valence-electron chi connectivity index (χ1n) is 12.7. The lowest BCUT2D eigenvalue weighted by Crippen LogP contribution is -2.49. The van der Waals surface area contributed by atoms with Crippen molar-refractivity contribution in [1.29, 1.82) is 0 Å². The monoisotopic (exact) mass is 517 g/mol. The number of rotatable bonds is 7. The Hall–Kier alpha value is -3.49. The van der Waals surface area contributed by atoms with Crippen molar-refractivity contribution in [2.24, 2.45) is 0 Å². The number of anilines is 1. The first-order chi connectivity index (χ1) is 17.8. The van der Waals surface area contributed by atoms with Crippen LogP contribution in [0.3, 0.4) is 0 Å². The number of carbonyl (C=O) groups excluding carboxylic acids is 2. The van der Waals surface area contributed by atoms with Crippen molar-refractivity contribution in [2.45, 2.75) is 56.0 Å². The molecule has 2 atom stereocenters. The number of aryl methyl sites for hydroxylation is 1. The number of hydrogen-bond donors (Lipinski definition) is 2. The second-order valence-electron chi connectivity index (χ2n) is 9.73. The van der Waals surface area contributed by atoms with Crippen LogP contribution in [-0.2, 0) is 38.9 Å². The molecule has 0 saturated carbocycles. The molecule has 0 fully saturated rings. The van der Waals surface area contributed by atoms with Crippen molar-refractivity contribution in [2.75, 3.05) is 11.4 Å². The molecule has 8 heteroatoms. The van der Waals surface area contributed by atoms with Gasteiger partial charge in [0.15, 0.2) is 0 Å². The molecule has 0 spiro atoms. The molecular formula is C29H31N3O4S. The fraction of sp³-hybridized carbons (Fsp3) is 0.310. The van der Waals surface area contributed by atoms with Gasteiger partial charge >= 0.3 is 0 Å². The lowest BCUT2D eigenvalue weighted by Gasteiger charge is -2.28. The number of hydrogen-bond acceptors (Lipinski definition) is 4. The van der Waals surface area contributed by atoms with Gasteiger partial charge in [-0.2, -0.15) is 4.72 Å². The van der Waals surface area contributed by atoms with E-state index in [1.807, 2.05) is 48.5 Å². The van der Waals surface area contributed by atoms with Crippen LogP contribution >= 0.6 is 0 Å². The summed E-state index contributed by atoms with van der Waals surface area (Å²) >= 11 is 0. The summed E-state index contributed by atoms with van der Waals surface area (Å²) < 4.78 is 29.6. The van der Waals surface area contributed by atoms with Gasteiger partial charge in [0.2, 0.25) is 21.8 Å². The molecule has 0 unspecified atom stereocenters. The maximum absolute atomic E-state index is 13.6. The van der Waals surface area contributed by atoms with E-state index in [2.05, 4.69) is 16.1 Å². The Labute approximate surface area is 217 Å². The molecule has 0 bridgehead atoms. The number of carbonyl (C=O) groups is 2. The standard InChI is InChI=1S/C29H31N3O4S/c1-20(33)32-17-16-23-19-24(14-15-28(23)32)37(35,36)31-27(18-21-8-3-2-4-9-21)29(34)30-26-13-7-11-22-10-5-6-12-25(22)26/h2-6,8-10,12,14-15,19,26-27,31H,7,11,13,16-18H2,1H3,(H,30,34)/t26-,27-/m1/s1. The summed E-state index contributed by atoms with van der Waals surface area (Å²) in [6, 6.07) is 21.1.